The van der Waals surface area contributed by atoms with Gasteiger partial charge in [-0.05, 0) is 25.7 Å². The van der Waals surface area contributed by atoms with Gasteiger partial charge in [-0.2, -0.15) is 0 Å². The van der Waals surface area contributed by atoms with Crippen LogP contribution in [-0.2, 0) is 9.59 Å². The van der Waals surface area contributed by atoms with Crippen LogP contribution < -0.4 is 0 Å². The number of carbonyl (C=O) groups is 2. The summed E-state index contributed by atoms with van der Waals surface area (Å²) in [6, 6.07) is 0. The third-order valence-corrected chi connectivity index (χ3v) is 3.39. The minimum atomic E-state index is -0.643. The van der Waals surface area contributed by atoms with Gasteiger partial charge in [0.2, 0.25) is 0 Å². The summed E-state index contributed by atoms with van der Waals surface area (Å²) in [7, 11) is 0. The third kappa shape index (κ3) is 13.4. The Bertz CT molecular complexity index is 214. The van der Waals surface area contributed by atoms with Gasteiger partial charge in [-0.1, -0.05) is 53.4 Å². The fourth-order valence-electron chi connectivity index (χ4n) is 1.79. The lowest BCUT2D eigenvalue weighted by atomic mass is 10.00. The highest BCUT2D eigenvalue weighted by atomic mass is 16.4. The lowest BCUT2D eigenvalue weighted by molar-refractivity contribution is -0.142. The first-order valence-corrected chi connectivity index (χ1v) is 7.75. The summed E-state index contributed by atoms with van der Waals surface area (Å²) >= 11 is 0. The number of hydrogen-bond donors (Lipinski definition) is 1. The van der Waals surface area contributed by atoms with Gasteiger partial charge in [0.1, 0.15) is 6.29 Å². The Balaban J connectivity index is 0. The second-order valence-electron chi connectivity index (χ2n) is 5.03. The average molecular weight is 272 g/mol. The van der Waals surface area contributed by atoms with Crippen molar-refractivity contribution in [3.8, 4) is 0 Å². The van der Waals surface area contributed by atoms with Gasteiger partial charge in [0, 0.05) is 5.92 Å². The van der Waals surface area contributed by atoms with Crippen LogP contribution in [0.1, 0.15) is 79.1 Å². The first-order chi connectivity index (χ1) is 9.06. The molecule has 0 aromatic heterocycles. The van der Waals surface area contributed by atoms with Crippen LogP contribution in [0.3, 0.4) is 0 Å². The molecule has 2 atom stereocenters. The molecule has 0 bridgehead atoms. The molecule has 3 nitrogen and oxygen atoms in total. The molecule has 114 valence electrons. The highest BCUT2D eigenvalue weighted by Gasteiger charge is 2.12. The summed E-state index contributed by atoms with van der Waals surface area (Å²) in [6.07, 6.45) is 9.27. The largest absolute Gasteiger partial charge is 0.481 e. The van der Waals surface area contributed by atoms with Gasteiger partial charge < -0.3 is 9.90 Å². The van der Waals surface area contributed by atoms with E-state index < -0.39 is 5.97 Å². The van der Waals surface area contributed by atoms with Crippen LogP contribution in [0.2, 0.25) is 0 Å². The maximum atomic E-state index is 10.4. The second-order valence-corrected chi connectivity index (χ2v) is 5.03. The van der Waals surface area contributed by atoms with Crippen molar-refractivity contribution in [2.75, 3.05) is 0 Å². The van der Waals surface area contributed by atoms with Crippen molar-refractivity contribution in [1.29, 1.82) is 0 Å². The normalized spacial score (nSPS) is 13.1. The molecule has 0 rings (SSSR count). The van der Waals surface area contributed by atoms with Crippen molar-refractivity contribution in [1.82, 2.24) is 0 Å². The second kappa shape index (κ2) is 15.2. The van der Waals surface area contributed by atoms with E-state index in [1.165, 1.54) is 12.8 Å². The topological polar surface area (TPSA) is 54.4 Å². The number of aldehydes is 1. The van der Waals surface area contributed by atoms with Crippen LogP contribution in [0.25, 0.3) is 0 Å². The standard InChI is InChI=1S/C8H16O2.C8H16O/c1-3-5-6-7(4-2)8(9)10;1-3-5-6-8(4-2)7-9/h7H,3-6H2,1-2H3,(H,9,10);7-8H,3-6H2,1-2H3. The van der Waals surface area contributed by atoms with Gasteiger partial charge in [0.05, 0.1) is 5.92 Å². The SMILES string of the molecule is CCCCC(C=O)CC.CCCCC(CC)C(=O)O. The van der Waals surface area contributed by atoms with Gasteiger partial charge in [0.25, 0.3) is 0 Å². The summed E-state index contributed by atoms with van der Waals surface area (Å²) in [5.74, 6) is -0.430. The zero-order valence-corrected chi connectivity index (χ0v) is 13.2. The van der Waals surface area contributed by atoms with Crippen molar-refractivity contribution in [2.24, 2.45) is 11.8 Å². The van der Waals surface area contributed by atoms with Crippen molar-refractivity contribution in [3.05, 3.63) is 0 Å². The Morgan fingerprint density at radius 3 is 1.84 bits per heavy atom. The molecule has 2 unspecified atom stereocenters. The fourth-order valence-corrected chi connectivity index (χ4v) is 1.79. The highest BCUT2D eigenvalue weighted by molar-refractivity contribution is 5.69. The molecular weight excluding hydrogens is 240 g/mol. The molecule has 1 N–H and O–H groups in total. The molecule has 0 fully saturated rings. The Hall–Kier alpha value is -0.860. The fraction of sp³-hybridized carbons (Fsp3) is 0.875. The number of rotatable bonds is 10. The predicted octanol–water partition coefficient (Wildman–Crippen LogP) is 4.69. The number of carboxylic acids is 1. The average Bonchev–Trinajstić information content (AvgIpc) is 2.41. The van der Waals surface area contributed by atoms with E-state index in [1.807, 2.05) is 6.92 Å². The quantitative estimate of drug-likeness (QED) is 0.587. The monoisotopic (exact) mass is 272 g/mol. The van der Waals surface area contributed by atoms with E-state index in [0.29, 0.717) is 5.92 Å². The van der Waals surface area contributed by atoms with Crippen molar-refractivity contribution < 1.29 is 14.7 Å². The number of unbranched alkanes of at least 4 members (excludes halogenated alkanes) is 2. The zero-order valence-electron chi connectivity index (χ0n) is 13.2. The van der Waals surface area contributed by atoms with Crippen LogP contribution in [0.4, 0.5) is 0 Å². The summed E-state index contributed by atoms with van der Waals surface area (Å²) in [5, 5.41) is 8.60. The van der Waals surface area contributed by atoms with Gasteiger partial charge in [-0.25, -0.2) is 0 Å². The molecule has 0 spiro atoms. The molecular formula is C16H32O3. The number of carbonyl (C=O) groups excluding carboxylic acids is 1. The number of hydrogen-bond acceptors (Lipinski definition) is 2. The summed E-state index contributed by atoms with van der Waals surface area (Å²) in [6.45, 7) is 8.22. The van der Waals surface area contributed by atoms with Crippen LogP contribution in [0.5, 0.6) is 0 Å². The van der Waals surface area contributed by atoms with Gasteiger partial charge in [-0.3, -0.25) is 4.79 Å². The van der Waals surface area contributed by atoms with E-state index in [-0.39, 0.29) is 5.92 Å². The van der Waals surface area contributed by atoms with E-state index in [1.54, 1.807) is 0 Å². The van der Waals surface area contributed by atoms with E-state index in [0.717, 1.165) is 44.8 Å². The van der Waals surface area contributed by atoms with E-state index in [9.17, 15) is 9.59 Å². The van der Waals surface area contributed by atoms with Crippen molar-refractivity contribution in [2.45, 2.75) is 79.1 Å². The van der Waals surface area contributed by atoms with Crippen LogP contribution >= 0.6 is 0 Å². The Kier molecular flexibility index (Phi) is 16.4. The molecule has 0 saturated heterocycles. The van der Waals surface area contributed by atoms with Gasteiger partial charge in [0.15, 0.2) is 0 Å². The molecule has 19 heavy (non-hydrogen) atoms. The van der Waals surface area contributed by atoms with Crippen LogP contribution in [-0.4, -0.2) is 17.4 Å². The summed E-state index contributed by atoms with van der Waals surface area (Å²) < 4.78 is 0. The molecule has 3 heteroatoms. The molecule has 0 aromatic rings. The van der Waals surface area contributed by atoms with E-state index in [4.69, 9.17) is 5.11 Å². The minimum Gasteiger partial charge on any atom is -0.481 e. The molecule has 0 saturated carbocycles. The van der Waals surface area contributed by atoms with Gasteiger partial charge >= 0.3 is 5.97 Å². The van der Waals surface area contributed by atoms with Crippen molar-refractivity contribution >= 4 is 12.3 Å². The molecule has 0 radical (unpaired) electrons. The Morgan fingerprint density at radius 2 is 1.53 bits per heavy atom. The van der Waals surface area contributed by atoms with Crippen molar-refractivity contribution in [3.63, 3.8) is 0 Å². The smallest absolute Gasteiger partial charge is 0.306 e. The highest BCUT2D eigenvalue weighted by Crippen LogP contribution is 2.11. The first-order valence-electron chi connectivity index (χ1n) is 7.75. The zero-order chi connectivity index (χ0) is 15.1. The predicted molar refractivity (Wildman–Crippen MR) is 80.3 cm³/mol. The maximum absolute atomic E-state index is 10.4. The Labute approximate surface area is 118 Å². The Morgan fingerprint density at radius 1 is 1.00 bits per heavy atom. The number of aliphatic carboxylic acids is 1. The molecule has 0 aromatic carbocycles. The lowest BCUT2D eigenvalue weighted by Gasteiger charge is -2.06. The van der Waals surface area contributed by atoms with E-state index >= 15 is 0 Å². The van der Waals surface area contributed by atoms with Crippen LogP contribution in [0, 0.1) is 11.8 Å². The van der Waals surface area contributed by atoms with E-state index in [2.05, 4.69) is 20.8 Å². The summed E-state index contributed by atoms with van der Waals surface area (Å²) in [4.78, 5) is 20.7. The molecule has 0 amide bonds. The summed E-state index contributed by atoms with van der Waals surface area (Å²) in [5.41, 5.74) is 0. The minimum absolute atomic E-state index is 0.111. The molecule has 0 aliphatic rings. The molecule has 0 aliphatic carbocycles. The maximum Gasteiger partial charge on any atom is 0.306 e. The first kappa shape index (κ1) is 20.5. The third-order valence-electron chi connectivity index (χ3n) is 3.39. The van der Waals surface area contributed by atoms with Gasteiger partial charge in [-0.15, -0.1) is 0 Å². The molecule has 0 aliphatic heterocycles. The number of carboxylic acid groups (broad SMARTS) is 1. The molecule has 0 heterocycles. The lowest BCUT2D eigenvalue weighted by Crippen LogP contribution is -2.11. The van der Waals surface area contributed by atoms with Crippen LogP contribution in [0.15, 0.2) is 0 Å².